The molecule has 0 radical (unpaired) electrons. The molecule has 0 amide bonds. The third-order valence-corrected chi connectivity index (χ3v) is 2.60. The molecular formula is C14H21NO. The van der Waals surface area contributed by atoms with E-state index in [4.69, 9.17) is 5.11 Å². The normalized spacial score (nSPS) is 12.3. The number of unbranched alkanes of at least 4 members (excludes halogenated alkanes) is 1. The van der Waals surface area contributed by atoms with Gasteiger partial charge in [0.05, 0.1) is 0 Å². The van der Waals surface area contributed by atoms with E-state index >= 15 is 0 Å². The lowest BCUT2D eigenvalue weighted by molar-refractivity contribution is 0.265. The summed E-state index contributed by atoms with van der Waals surface area (Å²) in [4.78, 5) is 0. The molecular weight excluding hydrogens is 198 g/mol. The van der Waals surface area contributed by atoms with Gasteiger partial charge in [0.25, 0.3) is 0 Å². The van der Waals surface area contributed by atoms with Crippen molar-refractivity contribution in [2.24, 2.45) is 0 Å². The molecule has 0 spiro atoms. The van der Waals surface area contributed by atoms with Crippen molar-refractivity contribution >= 4 is 0 Å². The van der Waals surface area contributed by atoms with E-state index in [9.17, 15) is 0 Å². The Kier molecular flexibility index (Phi) is 6.54. The maximum absolute atomic E-state index is 9.04. The van der Waals surface area contributed by atoms with Gasteiger partial charge in [-0.2, -0.15) is 0 Å². The predicted molar refractivity (Wildman–Crippen MR) is 68.3 cm³/mol. The molecule has 0 aliphatic heterocycles. The highest BCUT2D eigenvalue weighted by Gasteiger charge is 2.08. The van der Waals surface area contributed by atoms with E-state index in [2.05, 4.69) is 24.0 Å². The van der Waals surface area contributed by atoms with Crippen LogP contribution in [0, 0.1) is 0 Å². The van der Waals surface area contributed by atoms with Crippen molar-refractivity contribution in [3.63, 3.8) is 0 Å². The Labute approximate surface area is 98.0 Å². The van der Waals surface area contributed by atoms with Crippen LogP contribution in [0.4, 0.5) is 0 Å². The fraction of sp³-hybridized carbons (Fsp3) is 0.429. The fourth-order valence-corrected chi connectivity index (χ4v) is 1.72. The minimum Gasteiger partial charge on any atom is -0.396 e. The Morgan fingerprint density at radius 3 is 2.69 bits per heavy atom. The number of hydrogen-bond acceptors (Lipinski definition) is 2. The lowest BCUT2D eigenvalue weighted by Crippen LogP contribution is -2.23. The summed E-state index contributed by atoms with van der Waals surface area (Å²) in [6.07, 6.45) is 4.83. The molecule has 1 atom stereocenters. The van der Waals surface area contributed by atoms with Crippen LogP contribution in [0.5, 0.6) is 0 Å². The van der Waals surface area contributed by atoms with Crippen molar-refractivity contribution in [3.05, 3.63) is 48.6 Å². The predicted octanol–water partition coefficient (Wildman–Crippen LogP) is 2.67. The van der Waals surface area contributed by atoms with Gasteiger partial charge in [-0.05, 0) is 31.4 Å². The minimum absolute atomic E-state index is 0.216. The topological polar surface area (TPSA) is 32.3 Å². The lowest BCUT2D eigenvalue weighted by Gasteiger charge is -2.18. The van der Waals surface area contributed by atoms with Crippen molar-refractivity contribution < 1.29 is 5.11 Å². The molecule has 0 aromatic heterocycles. The van der Waals surface area contributed by atoms with Gasteiger partial charge in [-0.15, -0.1) is 6.58 Å². The molecule has 2 N–H and O–H groups in total. The molecule has 2 heteroatoms. The molecule has 2 nitrogen and oxygen atoms in total. The van der Waals surface area contributed by atoms with E-state index in [0.29, 0.717) is 0 Å². The Morgan fingerprint density at radius 2 is 2.06 bits per heavy atom. The first-order valence-corrected chi connectivity index (χ1v) is 5.88. The van der Waals surface area contributed by atoms with Crippen LogP contribution in [0.25, 0.3) is 0 Å². The van der Waals surface area contributed by atoms with Crippen molar-refractivity contribution in [1.29, 1.82) is 0 Å². The van der Waals surface area contributed by atoms with Gasteiger partial charge in [-0.1, -0.05) is 36.4 Å². The fourth-order valence-electron chi connectivity index (χ4n) is 1.72. The summed E-state index contributed by atoms with van der Waals surface area (Å²) in [6, 6.07) is 10.5. The van der Waals surface area contributed by atoms with Gasteiger partial charge in [0.2, 0.25) is 0 Å². The summed E-state index contributed by atoms with van der Waals surface area (Å²) >= 11 is 0. The molecule has 1 aromatic rings. The highest BCUT2D eigenvalue weighted by Crippen LogP contribution is 2.15. The second-order valence-electron chi connectivity index (χ2n) is 3.86. The Bertz CT molecular complexity index is 284. The zero-order valence-electron chi connectivity index (χ0n) is 9.73. The van der Waals surface area contributed by atoms with Crippen molar-refractivity contribution in [2.75, 3.05) is 13.2 Å². The first kappa shape index (κ1) is 12.9. The van der Waals surface area contributed by atoms with Gasteiger partial charge in [0.15, 0.2) is 0 Å². The van der Waals surface area contributed by atoms with Gasteiger partial charge in [-0.25, -0.2) is 0 Å². The minimum atomic E-state index is 0.216. The summed E-state index contributed by atoms with van der Waals surface area (Å²) in [6.45, 7) is 4.88. The largest absolute Gasteiger partial charge is 0.396 e. The van der Waals surface area contributed by atoms with E-state index in [0.717, 1.165) is 25.8 Å². The van der Waals surface area contributed by atoms with E-state index in [-0.39, 0.29) is 12.6 Å². The van der Waals surface area contributed by atoms with Crippen LogP contribution in [-0.2, 0) is 0 Å². The van der Waals surface area contributed by atoms with Gasteiger partial charge in [-0.3, -0.25) is 0 Å². The second kappa shape index (κ2) is 8.08. The lowest BCUT2D eigenvalue weighted by atomic mass is 10.0. The number of hydrogen-bond donors (Lipinski definition) is 2. The maximum Gasteiger partial charge on any atom is 0.0449 e. The van der Waals surface area contributed by atoms with Crippen molar-refractivity contribution in [1.82, 2.24) is 5.32 Å². The number of benzene rings is 1. The van der Waals surface area contributed by atoms with Gasteiger partial charge in [0.1, 0.15) is 0 Å². The Balaban J connectivity index is 2.44. The quantitative estimate of drug-likeness (QED) is 0.520. The van der Waals surface area contributed by atoms with E-state index in [1.54, 1.807) is 0 Å². The summed E-state index contributed by atoms with van der Waals surface area (Å²) in [7, 11) is 0. The van der Waals surface area contributed by atoms with Crippen LogP contribution in [0.15, 0.2) is 43.0 Å². The first-order chi connectivity index (χ1) is 7.88. The van der Waals surface area contributed by atoms with E-state index in [1.165, 1.54) is 5.56 Å². The summed E-state index contributed by atoms with van der Waals surface area (Å²) < 4.78 is 0. The number of aliphatic hydroxyl groups excluding tert-OH is 1. The average Bonchev–Trinajstić information content (AvgIpc) is 2.34. The smallest absolute Gasteiger partial charge is 0.0449 e. The van der Waals surface area contributed by atoms with Crippen LogP contribution in [0.1, 0.15) is 30.9 Å². The summed E-state index contributed by atoms with van der Waals surface area (Å²) in [5.74, 6) is 0. The number of rotatable bonds is 8. The molecule has 0 bridgehead atoms. The monoisotopic (exact) mass is 219 g/mol. The van der Waals surface area contributed by atoms with Crippen molar-refractivity contribution in [3.8, 4) is 0 Å². The average molecular weight is 219 g/mol. The number of aliphatic hydroxyl groups is 1. The van der Waals surface area contributed by atoms with Crippen LogP contribution in [0.3, 0.4) is 0 Å². The molecule has 16 heavy (non-hydrogen) atoms. The Hall–Kier alpha value is -1.12. The number of nitrogens with one attached hydrogen (secondary N) is 1. The second-order valence-corrected chi connectivity index (χ2v) is 3.86. The zero-order chi connectivity index (χ0) is 11.6. The summed E-state index contributed by atoms with van der Waals surface area (Å²) in [5, 5.41) is 12.5. The van der Waals surface area contributed by atoms with Crippen molar-refractivity contribution in [2.45, 2.75) is 25.3 Å². The highest BCUT2D eigenvalue weighted by atomic mass is 16.3. The van der Waals surface area contributed by atoms with Crippen LogP contribution >= 0.6 is 0 Å². The molecule has 0 fully saturated rings. The molecule has 1 aromatic carbocycles. The molecule has 0 saturated carbocycles. The van der Waals surface area contributed by atoms with E-state index < -0.39 is 0 Å². The Morgan fingerprint density at radius 1 is 1.31 bits per heavy atom. The summed E-state index contributed by atoms with van der Waals surface area (Å²) in [5.41, 5.74) is 1.25. The molecule has 0 aliphatic rings. The van der Waals surface area contributed by atoms with Gasteiger partial charge in [0, 0.05) is 12.6 Å². The third kappa shape index (κ3) is 4.60. The van der Waals surface area contributed by atoms with Crippen LogP contribution in [-0.4, -0.2) is 18.3 Å². The maximum atomic E-state index is 9.04. The molecule has 1 unspecified atom stereocenters. The molecule has 88 valence electrons. The molecule has 0 heterocycles. The van der Waals surface area contributed by atoms with Gasteiger partial charge < -0.3 is 10.4 Å². The third-order valence-electron chi connectivity index (χ3n) is 2.60. The SMILES string of the molecule is C=CCCCNC(CCO)c1ccccc1. The molecule has 0 saturated heterocycles. The number of allylic oxidation sites excluding steroid dienone is 1. The van der Waals surface area contributed by atoms with Gasteiger partial charge >= 0.3 is 0 Å². The zero-order valence-corrected chi connectivity index (χ0v) is 9.73. The molecule has 0 aliphatic carbocycles. The van der Waals surface area contributed by atoms with Crippen LogP contribution in [0.2, 0.25) is 0 Å². The molecule has 1 rings (SSSR count). The van der Waals surface area contributed by atoms with E-state index in [1.807, 2.05) is 24.3 Å². The van der Waals surface area contributed by atoms with Crippen LogP contribution < -0.4 is 5.32 Å². The highest BCUT2D eigenvalue weighted by molar-refractivity contribution is 5.18. The standard InChI is InChI=1S/C14H21NO/c1-2-3-7-11-15-14(10-12-16)13-8-5-4-6-9-13/h2,4-6,8-9,14-16H,1,3,7,10-12H2. The first-order valence-electron chi connectivity index (χ1n) is 5.88.